The summed E-state index contributed by atoms with van der Waals surface area (Å²) >= 11 is 1.75. The SMILES string of the molecule is CCC(CC)n1ncc(C)c1NC(=O)NCc1cn2c(n1)SCC2. The van der Waals surface area contributed by atoms with Gasteiger partial charge < -0.3 is 9.88 Å². The highest BCUT2D eigenvalue weighted by Crippen LogP contribution is 2.25. The quantitative estimate of drug-likeness (QED) is 0.840. The van der Waals surface area contributed by atoms with Crippen LogP contribution in [0.3, 0.4) is 0 Å². The van der Waals surface area contributed by atoms with E-state index < -0.39 is 0 Å². The summed E-state index contributed by atoms with van der Waals surface area (Å²) in [6, 6.07) is 0.0637. The third kappa shape index (κ3) is 3.43. The van der Waals surface area contributed by atoms with Crippen molar-refractivity contribution in [3.05, 3.63) is 23.7 Å². The number of amides is 2. The fourth-order valence-electron chi connectivity index (χ4n) is 2.89. The zero-order valence-electron chi connectivity index (χ0n) is 14.4. The van der Waals surface area contributed by atoms with Crippen LogP contribution >= 0.6 is 11.8 Å². The number of hydrogen-bond acceptors (Lipinski definition) is 4. The molecule has 2 amide bonds. The molecule has 8 heteroatoms. The number of carbonyl (C=O) groups excluding carboxylic acids is 1. The Labute approximate surface area is 146 Å². The molecule has 0 radical (unpaired) electrons. The number of urea groups is 1. The van der Waals surface area contributed by atoms with E-state index in [4.69, 9.17) is 0 Å². The number of rotatable bonds is 6. The van der Waals surface area contributed by atoms with Crippen LogP contribution in [0.5, 0.6) is 0 Å². The normalized spacial score (nSPS) is 13.3. The van der Waals surface area contributed by atoms with Gasteiger partial charge >= 0.3 is 6.03 Å². The molecule has 0 bridgehead atoms. The number of fused-ring (bicyclic) bond motifs is 1. The molecular weight excluding hydrogens is 324 g/mol. The molecule has 7 nitrogen and oxygen atoms in total. The molecule has 0 saturated heterocycles. The van der Waals surface area contributed by atoms with E-state index in [1.54, 1.807) is 18.0 Å². The van der Waals surface area contributed by atoms with Gasteiger partial charge in [-0.05, 0) is 19.8 Å². The largest absolute Gasteiger partial charge is 0.332 e. The van der Waals surface area contributed by atoms with Crippen molar-refractivity contribution >= 4 is 23.6 Å². The third-order valence-electron chi connectivity index (χ3n) is 4.28. The summed E-state index contributed by atoms with van der Waals surface area (Å²) < 4.78 is 4.04. The lowest BCUT2D eigenvalue weighted by molar-refractivity contribution is 0.251. The van der Waals surface area contributed by atoms with E-state index in [1.165, 1.54) is 0 Å². The highest BCUT2D eigenvalue weighted by Gasteiger charge is 2.17. The molecule has 0 fully saturated rings. The van der Waals surface area contributed by atoms with Crippen LogP contribution in [0, 0.1) is 6.92 Å². The Hall–Kier alpha value is -1.96. The first-order valence-corrected chi connectivity index (χ1v) is 9.38. The van der Waals surface area contributed by atoms with Crippen molar-refractivity contribution in [1.29, 1.82) is 0 Å². The molecule has 2 aromatic rings. The Morgan fingerprint density at radius 2 is 2.21 bits per heavy atom. The fourth-order valence-corrected chi connectivity index (χ4v) is 3.85. The van der Waals surface area contributed by atoms with Gasteiger partial charge in [-0.15, -0.1) is 0 Å². The standard InChI is InChI=1S/C16H24N6OS/c1-4-13(5-2)22-14(11(3)8-18-22)20-15(23)17-9-12-10-21-6-7-24-16(21)19-12/h8,10,13H,4-7,9H2,1-3H3,(H2,17,20,23). The predicted molar refractivity (Wildman–Crippen MR) is 95.4 cm³/mol. The highest BCUT2D eigenvalue weighted by atomic mass is 32.2. The molecule has 3 heterocycles. The molecule has 1 aliphatic heterocycles. The molecule has 0 aliphatic carbocycles. The Morgan fingerprint density at radius 3 is 2.92 bits per heavy atom. The fraction of sp³-hybridized carbons (Fsp3) is 0.562. The van der Waals surface area contributed by atoms with Crippen LogP contribution in [0.1, 0.15) is 44.0 Å². The Balaban J connectivity index is 1.61. The Kier molecular flexibility index (Phi) is 5.13. The van der Waals surface area contributed by atoms with E-state index in [0.717, 1.165) is 47.4 Å². The number of thioether (sulfide) groups is 1. The van der Waals surface area contributed by atoms with Crippen LogP contribution in [0.15, 0.2) is 17.6 Å². The minimum absolute atomic E-state index is 0.230. The van der Waals surface area contributed by atoms with Gasteiger partial charge in [0.2, 0.25) is 0 Å². The maximum Gasteiger partial charge on any atom is 0.320 e. The van der Waals surface area contributed by atoms with Gasteiger partial charge in [0.25, 0.3) is 0 Å². The lowest BCUT2D eigenvalue weighted by Gasteiger charge is -2.17. The zero-order valence-corrected chi connectivity index (χ0v) is 15.2. The summed E-state index contributed by atoms with van der Waals surface area (Å²) in [5.74, 6) is 1.85. The molecule has 1 aliphatic rings. The molecule has 130 valence electrons. The number of nitrogens with one attached hydrogen (secondary N) is 2. The maximum atomic E-state index is 12.3. The maximum absolute atomic E-state index is 12.3. The number of imidazole rings is 1. The van der Waals surface area contributed by atoms with Gasteiger partial charge in [0.1, 0.15) is 5.82 Å². The molecule has 3 rings (SSSR count). The summed E-state index contributed by atoms with van der Waals surface area (Å²) in [6.45, 7) is 7.63. The topological polar surface area (TPSA) is 76.8 Å². The van der Waals surface area contributed by atoms with Crippen molar-refractivity contribution in [3.8, 4) is 0 Å². The van der Waals surface area contributed by atoms with E-state index in [1.807, 2.05) is 17.8 Å². The predicted octanol–water partition coefficient (Wildman–Crippen LogP) is 3.18. The van der Waals surface area contributed by atoms with Gasteiger partial charge in [-0.2, -0.15) is 5.10 Å². The van der Waals surface area contributed by atoms with Crippen LogP contribution in [-0.2, 0) is 13.1 Å². The number of anilines is 1. The molecule has 0 aromatic carbocycles. The second kappa shape index (κ2) is 7.29. The molecule has 0 spiro atoms. The molecule has 0 atom stereocenters. The number of hydrogen-bond donors (Lipinski definition) is 2. The lowest BCUT2D eigenvalue weighted by Crippen LogP contribution is -2.30. The second-order valence-electron chi connectivity index (χ2n) is 5.96. The van der Waals surface area contributed by atoms with Gasteiger partial charge in [0.15, 0.2) is 5.16 Å². The van der Waals surface area contributed by atoms with E-state index in [-0.39, 0.29) is 6.03 Å². The second-order valence-corrected chi connectivity index (χ2v) is 7.02. The van der Waals surface area contributed by atoms with Crippen molar-refractivity contribution in [3.63, 3.8) is 0 Å². The van der Waals surface area contributed by atoms with Crippen LogP contribution < -0.4 is 10.6 Å². The van der Waals surface area contributed by atoms with Crippen LogP contribution in [0.2, 0.25) is 0 Å². The van der Waals surface area contributed by atoms with Gasteiger partial charge in [0.05, 0.1) is 24.5 Å². The molecule has 2 N–H and O–H groups in total. The van der Waals surface area contributed by atoms with Crippen molar-refractivity contribution < 1.29 is 4.79 Å². The van der Waals surface area contributed by atoms with Crippen molar-refractivity contribution in [2.45, 2.75) is 57.9 Å². The van der Waals surface area contributed by atoms with Crippen LogP contribution in [0.25, 0.3) is 0 Å². The van der Waals surface area contributed by atoms with Crippen LogP contribution in [0.4, 0.5) is 10.6 Å². The average Bonchev–Trinajstić information content (AvgIpc) is 3.24. The van der Waals surface area contributed by atoms with Crippen LogP contribution in [-0.4, -0.2) is 31.1 Å². The van der Waals surface area contributed by atoms with Gasteiger partial charge in [-0.25, -0.2) is 14.5 Å². The summed E-state index contributed by atoms with van der Waals surface area (Å²) in [4.78, 5) is 16.8. The molecule has 0 saturated carbocycles. The van der Waals surface area contributed by atoms with E-state index in [0.29, 0.717) is 12.6 Å². The molecule has 24 heavy (non-hydrogen) atoms. The number of aromatic nitrogens is 4. The van der Waals surface area contributed by atoms with Crippen molar-refractivity contribution in [2.24, 2.45) is 0 Å². The smallest absolute Gasteiger partial charge is 0.320 e. The van der Waals surface area contributed by atoms with E-state index >= 15 is 0 Å². The first-order valence-electron chi connectivity index (χ1n) is 8.40. The minimum atomic E-state index is -0.230. The monoisotopic (exact) mass is 348 g/mol. The van der Waals surface area contributed by atoms with Gasteiger partial charge in [-0.1, -0.05) is 25.6 Å². The number of aryl methyl sites for hydroxylation is 2. The van der Waals surface area contributed by atoms with E-state index in [2.05, 4.69) is 39.1 Å². The highest BCUT2D eigenvalue weighted by molar-refractivity contribution is 7.99. The van der Waals surface area contributed by atoms with Gasteiger partial charge in [-0.3, -0.25) is 5.32 Å². The minimum Gasteiger partial charge on any atom is -0.332 e. The first-order chi connectivity index (χ1) is 11.6. The van der Waals surface area contributed by atoms with Crippen molar-refractivity contribution in [2.75, 3.05) is 11.1 Å². The Bertz CT molecular complexity index is 697. The van der Waals surface area contributed by atoms with Gasteiger partial charge in [0, 0.05) is 24.1 Å². The number of nitrogens with zero attached hydrogens (tertiary/aromatic N) is 4. The average molecular weight is 348 g/mol. The summed E-state index contributed by atoms with van der Waals surface area (Å²) in [5, 5.41) is 11.3. The number of carbonyl (C=O) groups is 1. The molecular formula is C16H24N6OS. The summed E-state index contributed by atoms with van der Waals surface area (Å²) in [7, 11) is 0. The third-order valence-corrected chi connectivity index (χ3v) is 5.25. The van der Waals surface area contributed by atoms with E-state index in [9.17, 15) is 4.79 Å². The summed E-state index contributed by atoms with van der Waals surface area (Å²) in [5.41, 5.74) is 1.85. The Morgan fingerprint density at radius 1 is 1.42 bits per heavy atom. The van der Waals surface area contributed by atoms with Crippen molar-refractivity contribution in [1.82, 2.24) is 24.6 Å². The zero-order chi connectivity index (χ0) is 17.1. The summed E-state index contributed by atoms with van der Waals surface area (Å²) in [6.07, 6.45) is 5.76. The molecule has 0 unspecified atom stereocenters. The first kappa shape index (κ1) is 16.9. The lowest BCUT2D eigenvalue weighted by atomic mass is 10.2. The molecule has 2 aromatic heterocycles.